The van der Waals surface area contributed by atoms with E-state index in [1.54, 1.807) is 0 Å². The summed E-state index contributed by atoms with van der Waals surface area (Å²) in [4.78, 5) is 4.39. The normalized spacial score (nSPS) is 25.4. The largest absolute Gasteiger partial charge is 0.367 e. The summed E-state index contributed by atoms with van der Waals surface area (Å²) in [6.45, 7) is 4.42. The SMILES string of the molecule is CCC1CCCCC1Nc1cc(C)ccn1. The third-order valence-corrected chi connectivity index (χ3v) is 3.68. The fourth-order valence-electron chi connectivity index (χ4n) is 2.69. The predicted molar refractivity (Wildman–Crippen MR) is 68.6 cm³/mol. The first-order chi connectivity index (χ1) is 7.79. The molecule has 0 radical (unpaired) electrons. The standard InChI is InChI=1S/C14H22N2/c1-3-12-6-4-5-7-13(12)16-14-10-11(2)8-9-15-14/h8-10,12-13H,3-7H2,1-2H3,(H,15,16). The Kier molecular flexibility index (Phi) is 3.81. The van der Waals surface area contributed by atoms with Crippen LogP contribution >= 0.6 is 0 Å². The van der Waals surface area contributed by atoms with E-state index in [0.29, 0.717) is 6.04 Å². The van der Waals surface area contributed by atoms with Gasteiger partial charge in [0, 0.05) is 12.2 Å². The van der Waals surface area contributed by atoms with Gasteiger partial charge in [-0.15, -0.1) is 0 Å². The molecule has 2 unspecified atom stereocenters. The molecule has 1 aliphatic rings. The summed E-state index contributed by atoms with van der Waals surface area (Å²) in [5.74, 6) is 1.88. The predicted octanol–water partition coefficient (Wildman–Crippen LogP) is 3.77. The Morgan fingerprint density at radius 2 is 2.19 bits per heavy atom. The number of nitrogens with one attached hydrogen (secondary N) is 1. The van der Waals surface area contributed by atoms with Crippen LogP contribution in [0.3, 0.4) is 0 Å². The van der Waals surface area contributed by atoms with E-state index in [9.17, 15) is 0 Å². The van der Waals surface area contributed by atoms with Crippen molar-refractivity contribution in [3.8, 4) is 0 Å². The van der Waals surface area contributed by atoms with Crippen LogP contribution in [0.2, 0.25) is 0 Å². The summed E-state index contributed by atoms with van der Waals surface area (Å²) < 4.78 is 0. The molecule has 2 atom stereocenters. The monoisotopic (exact) mass is 218 g/mol. The zero-order valence-electron chi connectivity index (χ0n) is 10.4. The first-order valence-corrected chi connectivity index (χ1v) is 6.49. The maximum absolute atomic E-state index is 4.39. The number of aryl methyl sites for hydroxylation is 1. The van der Waals surface area contributed by atoms with Gasteiger partial charge in [0.25, 0.3) is 0 Å². The second-order valence-electron chi connectivity index (χ2n) is 4.92. The average molecular weight is 218 g/mol. The van der Waals surface area contributed by atoms with E-state index in [0.717, 1.165) is 11.7 Å². The van der Waals surface area contributed by atoms with Crippen molar-refractivity contribution in [3.05, 3.63) is 23.9 Å². The van der Waals surface area contributed by atoms with Crippen molar-refractivity contribution in [3.63, 3.8) is 0 Å². The molecule has 2 nitrogen and oxygen atoms in total. The van der Waals surface area contributed by atoms with Crippen LogP contribution < -0.4 is 5.32 Å². The third-order valence-electron chi connectivity index (χ3n) is 3.68. The molecule has 1 aliphatic carbocycles. The summed E-state index contributed by atoms with van der Waals surface area (Å²) in [5, 5.41) is 3.61. The summed E-state index contributed by atoms with van der Waals surface area (Å²) in [5.41, 5.74) is 1.28. The van der Waals surface area contributed by atoms with Crippen molar-refractivity contribution < 1.29 is 0 Å². The van der Waals surface area contributed by atoms with Gasteiger partial charge >= 0.3 is 0 Å². The average Bonchev–Trinajstić information content (AvgIpc) is 2.30. The van der Waals surface area contributed by atoms with Crippen LogP contribution in [0, 0.1) is 12.8 Å². The fraction of sp³-hybridized carbons (Fsp3) is 0.643. The highest BCUT2D eigenvalue weighted by atomic mass is 15.0. The zero-order chi connectivity index (χ0) is 11.4. The molecule has 1 aromatic heterocycles. The number of aromatic nitrogens is 1. The molecule has 1 aromatic rings. The van der Waals surface area contributed by atoms with Gasteiger partial charge in [-0.2, -0.15) is 0 Å². The Morgan fingerprint density at radius 1 is 1.38 bits per heavy atom. The number of hydrogen-bond donors (Lipinski definition) is 1. The number of nitrogens with zero attached hydrogens (tertiary/aromatic N) is 1. The summed E-state index contributed by atoms with van der Waals surface area (Å²) in [7, 11) is 0. The third kappa shape index (κ3) is 2.75. The van der Waals surface area contributed by atoms with E-state index < -0.39 is 0 Å². The summed E-state index contributed by atoms with van der Waals surface area (Å²) in [6, 6.07) is 4.82. The molecule has 1 N–H and O–H groups in total. The topological polar surface area (TPSA) is 24.9 Å². The minimum atomic E-state index is 0.632. The summed E-state index contributed by atoms with van der Waals surface area (Å²) in [6.07, 6.45) is 8.61. The van der Waals surface area contributed by atoms with E-state index in [2.05, 4.69) is 30.2 Å². The lowest BCUT2D eigenvalue weighted by Gasteiger charge is -2.31. The number of pyridine rings is 1. The molecule has 2 rings (SSSR count). The lowest BCUT2D eigenvalue weighted by molar-refractivity contribution is 0.317. The van der Waals surface area contributed by atoms with Gasteiger partial charge < -0.3 is 5.32 Å². The minimum absolute atomic E-state index is 0.632. The van der Waals surface area contributed by atoms with Gasteiger partial charge in [0.2, 0.25) is 0 Å². The maximum atomic E-state index is 4.39. The van der Waals surface area contributed by atoms with Crippen molar-refractivity contribution in [2.75, 3.05) is 5.32 Å². The van der Waals surface area contributed by atoms with Gasteiger partial charge in [-0.05, 0) is 43.4 Å². The van der Waals surface area contributed by atoms with Gasteiger partial charge in [-0.25, -0.2) is 4.98 Å². The molecular weight excluding hydrogens is 196 g/mol. The molecule has 0 spiro atoms. The quantitative estimate of drug-likeness (QED) is 0.835. The van der Waals surface area contributed by atoms with Crippen molar-refractivity contribution in [2.45, 2.75) is 52.0 Å². The van der Waals surface area contributed by atoms with Crippen LogP contribution in [-0.4, -0.2) is 11.0 Å². The van der Waals surface area contributed by atoms with Crippen molar-refractivity contribution in [1.82, 2.24) is 4.98 Å². The molecular formula is C14H22N2. The highest BCUT2D eigenvalue weighted by Gasteiger charge is 2.23. The molecule has 0 bridgehead atoms. The van der Waals surface area contributed by atoms with E-state index >= 15 is 0 Å². The molecule has 0 aromatic carbocycles. The maximum Gasteiger partial charge on any atom is 0.126 e. The van der Waals surface area contributed by atoms with Gasteiger partial charge in [-0.3, -0.25) is 0 Å². The Balaban J connectivity index is 2.02. The van der Waals surface area contributed by atoms with Crippen LogP contribution in [-0.2, 0) is 0 Å². The Morgan fingerprint density at radius 3 is 2.94 bits per heavy atom. The molecule has 1 fully saturated rings. The molecule has 1 heterocycles. The van der Waals surface area contributed by atoms with Crippen molar-refractivity contribution >= 4 is 5.82 Å². The number of rotatable bonds is 3. The first-order valence-electron chi connectivity index (χ1n) is 6.49. The Hall–Kier alpha value is -1.05. The lowest BCUT2D eigenvalue weighted by Crippen LogP contribution is -2.32. The molecule has 0 amide bonds. The minimum Gasteiger partial charge on any atom is -0.367 e. The van der Waals surface area contributed by atoms with Gasteiger partial charge in [0.1, 0.15) is 5.82 Å². The molecule has 2 heteroatoms. The van der Waals surface area contributed by atoms with Gasteiger partial charge in [0.05, 0.1) is 0 Å². The van der Waals surface area contributed by atoms with Crippen molar-refractivity contribution in [1.29, 1.82) is 0 Å². The van der Waals surface area contributed by atoms with Gasteiger partial charge in [-0.1, -0.05) is 26.2 Å². The van der Waals surface area contributed by atoms with Gasteiger partial charge in [0.15, 0.2) is 0 Å². The van der Waals surface area contributed by atoms with Crippen LogP contribution in [0.1, 0.15) is 44.6 Å². The lowest BCUT2D eigenvalue weighted by atomic mass is 9.83. The smallest absolute Gasteiger partial charge is 0.126 e. The Labute approximate surface area is 98.5 Å². The molecule has 0 aliphatic heterocycles. The van der Waals surface area contributed by atoms with E-state index in [4.69, 9.17) is 0 Å². The van der Waals surface area contributed by atoms with Crippen molar-refractivity contribution in [2.24, 2.45) is 5.92 Å². The molecule has 1 saturated carbocycles. The first kappa shape index (κ1) is 11.4. The molecule has 0 saturated heterocycles. The highest BCUT2D eigenvalue weighted by molar-refractivity contribution is 5.38. The van der Waals surface area contributed by atoms with Crippen LogP contribution in [0.4, 0.5) is 5.82 Å². The highest BCUT2D eigenvalue weighted by Crippen LogP contribution is 2.28. The van der Waals surface area contributed by atoms with Crippen LogP contribution in [0.15, 0.2) is 18.3 Å². The van der Waals surface area contributed by atoms with E-state index in [-0.39, 0.29) is 0 Å². The summed E-state index contributed by atoms with van der Waals surface area (Å²) >= 11 is 0. The zero-order valence-corrected chi connectivity index (χ0v) is 10.4. The Bertz CT molecular complexity index is 335. The number of hydrogen-bond acceptors (Lipinski definition) is 2. The van der Waals surface area contributed by atoms with Crippen LogP contribution in [0.5, 0.6) is 0 Å². The second-order valence-corrected chi connectivity index (χ2v) is 4.92. The van der Waals surface area contributed by atoms with Crippen LogP contribution in [0.25, 0.3) is 0 Å². The fourth-order valence-corrected chi connectivity index (χ4v) is 2.69. The number of anilines is 1. The second kappa shape index (κ2) is 5.33. The van der Waals surface area contributed by atoms with E-state index in [1.807, 2.05) is 12.3 Å². The van der Waals surface area contributed by atoms with E-state index in [1.165, 1.54) is 37.7 Å². The molecule has 16 heavy (non-hydrogen) atoms. The molecule has 88 valence electrons.